The number of methoxy groups -OCH3 is 1. The van der Waals surface area contributed by atoms with Crippen LogP contribution in [0.3, 0.4) is 0 Å². The Hall–Kier alpha value is -2.26. The molecule has 5 rings (SSSR count). The second kappa shape index (κ2) is 8.94. The van der Waals surface area contributed by atoms with E-state index in [0.717, 1.165) is 47.8 Å². The standard InChI is InChI=1S/C24H27N3O3S2/c1-30-23-8-3-2-7-22(23)24-25-20(17-31-24)16-26-11-13-27(14-12-26)32(28,29)21-10-9-18-5-4-6-19(18)15-21/h2-3,7-10,15,17H,4-6,11-14,16H2,1H3. The van der Waals surface area contributed by atoms with Crippen LogP contribution < -0.4 is 4.74 Å². The first kappa shape index (κ1) is 21.6. The van der Waals surface area contributed by atoms with Crippen molar-refractivity contribution in [2.75, 3.05) is 33.3 Å². The Morgan fingerprint density at radius 3 is 2.62 bits per heavy atom. The van der Waals surface area contributed by atoms with Crippen molar-refractivity contribution in [1.82, 2.24) is 14.2 Å². The van der Waals surface area contributed by atoms with Crippen LogP contribution in [0.2, 0.25) is 0 Å². The van der Waals surface area contributed by atoms with Gasteiger partial charge in [-0.15, -0.1) is 11.3 Å². The van der Waals surface area contributed by atoms with Gasteiger partial charge in [0.05, 0.1) is 23.3 Å². The van der Waals surface area contributed by atoms with Gasteiger partial charge >= 0.3 is 0 Å². The Bertz CT molecular complexity index is 1210. The summed E-state index contributed by atoms with van der Waals surface area (Å²) in [4.78, 5) is 7.51. The third kappa shape index (κ3) is 4.20. The molecule has 0 N–H and O–H groups in total. The summed E-state index contributed by atoms with van der Waals surface area (Å²) in [5.41, 5.74) is 4.49. The van der Waals surface area contributed by atoms with Crippen LogP contribution in [0.1, 0.15) is 23.2 Å². The van der Waals surface area contributed by atoms with Crippen LogP contribution in [0, 0.1) is 0 Å². The number of para-hydroxylation sites is 1. The smallest absolute Gasteiger partial charge is 0.243 e. The van der Waals surface area contributed by atoms with Crippen molar-refractivity contribution in [1.29, 1.82) is 0 Å². The maximum Gasteiger partial charge on any atom is 0.243 e. The molecule has 32 heavy (non-hydrogen) atoms. The molecule has 8 heteroatoms. The topological polar surface area (TPSA) is 62.7 Å². The van der Waals surface area contributed by atoms with Gasteiger partial charge in [0.15, 0.2) is 0 Å². The van der Waals surface area contributed by atoms with E-state index in [1.165, 1.54) is 11.1 Å². The number of sulfonamides is 1. The zero-order valence-electron chi connectivity index (χ0n) is 18.2. The first-order valence-electron chi connectivity index (χ1n) is 11.0. The second-order valence-corrected chi connectivity index (χ2v) is 11.1. The fourth-order valence-electron chi connectivity index (χ4n) is 4.54. The summed E-state index contributed by atoms with van der Waals surface area (Å²) < 4.78 is 33.4. The number of hydrogen-bond donors (Lipinski definition) is 0. The molecule has 2 aliphatic rings. The summed E-state index contributed by atoms with van der Waals surface area (Å²) >= 11 is 1.61. The lowest BCUT2D eigenvalue weighted by atomic mass is 10.1. The molecule has 0 unspecified atom stereocenters. The number of benzene rings is 2. The van der Waals surface area contributed by atoms with Crippen LogP contribution in [0.4, 0.5) is 0 Å². The highest BCUT2D eigenvalue weighted by Gasteiger charge is 2.29. The van der Waals surface area contributed by atoms with E-state index in [9.17, 15) is 8.42 Å². The average Bonchev–Trinajstić information content (AvgIpc) is 3.48. The number of aryl methyl sites for hydroxylation is 2. The monoisotopic (exact) mass is 469 g/mol. The van der Waals surface area contributed by atoms with Crippen molar-refractivity contribution in [3.63, 3.8) is 0 Å². The summed E-state index contributed by atoms with van der Waals surface area (Å²) in [7, 11) is -1.77. The zero-order valence-corrected chi connectivity index (χ0v) is 19.8. The first-order chi connectivity index (χ1) is 15.5. The largest absolute Gasteiger partial charge is 0.496 e. The quantitative estimate of drug-likeness (QED) is 0.549. The molecule has 0 radical (unpaired) electrons. The van der Waals surface area contributed by atoms with E-state index in [2.05, 4.69) is 10.3 Å². The van der Waals surface area contributed by atoms with Crippen LogP contribution in [0.5, 0.6) is 5.75 Å². The van der Waals surface area contributed by atoms with E-state index >= 15 is 0 Å². The number of piperazine rings is 1. The van der Waals surface area contributed by atoms with E-state index in [1.54, 1.807) is 28.8 Å². The molecule has 2 heterocycles. The van der Waals surface area contributed by atoms with Crippen molar-refractivity contribution < 1.29 is 13.2 Å². The Balaban J connectivity index is 1.22. The van der Waals surface area contributed by atoms with Crippen molar-refractivity contribution in [2.24, 2.45) is 0 Å². The lowest BCUT2D eigenvalue weighted by molar-refractivity contribution is 0.180. The van der Waals surface area contributed by atoms with Crippen LogP contribution in [0.15, 0.2) is 52.7 Å². The highest BCUT2D eigenvalue weighted by molar-refractivity contribution is 7.89. The van der Waals surface area contributed by atoms with Crippen LogP contribution in [-0.2, 0) is 29.4 Å². The average molecular weight is 470 g/mol. The molecule has 2 aromatic carbocycles. The van der Waals surface area contributed by atoms with Gasteiger partial charge in [-0.05, 0) is 54.7 Å². The first-order valence-corrected chi connectivity index (χ1v) is 13.3. The fraction of sp³-hybridized carbons (Fsp3) is 0.375. The van der Waals surface area contributed by atoms with Gasteiger partial charge in [-0.25, -0.2) is 13.4 Å². The normalized spacial score (nSPS) is 17.4. The van der Waals surface area contributed by atoms with Gasteiger partial charge in [0.2, 0.25) is 10.0 Å². The number of fused-ring (bicyclic) bond motifs is 1. The summed E-state index contributed by atoms with van der Waals surface area (Å²) in [6.07, 6.45) is 3.16. The number of nitrogens with zero attached hydrogens (tertiary/aromatic N) is 3. The van der Waals surface area contributed by atoms with Gasteiger partial charge in [-0.2, -0.15) is 4.31 Å². The molecular formula is C24H27N3O3S2. The van der Waals surface area contributed by atoms with Gasteiger partial charge in [0.1, 0.15) is 10.8 Å². The molecule has 6 nitrogen and oxygen atoms in total. The van der Waals surface area contributed by atoms with E-state index < -0.39 is 10.0 Å². The molecule has 1 aromatic heterocycles. The molecule has 1 fully saturated rings. The van der Waals surface area contributed by atoms with Crippen molar-refractivity contribution in [3.05, 3.63) is 64.7 Å². The summed E-state index contributed by atoms with van der Waals surface area (Å²) in [6.45, 7) is 3.13. The number of aromatic nitrogens is 1. The molecule has 0 atom stereocenters. The van der Waals surface area contributed by atoms with Gasteiger partial charge in [0, 0.05) is 38.1 Å². The highest BCUT2D eigenvalue weighted by atomic mass is 32.2. The minimum atomic E-state index is -3.44. The number of thiazole rings is 1. The predicted molar refractivity (Wildman–Crippen MR) is 127 cm³/mol. The van der Waals surface area contributed by atoms with E-state index in [-0.39, 0.29) is 0 Å². The minimum absolute atomic E-state index is 0.438. The molecule has 0 bridgehead atoms. The van der Waals surface area contributed by atoms with Gasteiger partial charge in [-0.3, -0.25) is 4.90 Å². The molecule has 1 aliphatic heterocycles. The van der Waals surface area contributed by atoms with E-state index in [1.807, 2.05) is 36.4 Å². The number of rotatable bonds is 6. The second-order valence-electron chi connectivity index (χ2n) is 8.31. The summed E-state index contributed by atoms with van der Waals surface area (Å²) in [5.74, 6) is 0.818. The zero-order chi connectivity index (χ0) is 22.1. The van der Waals surface area contributed by atoms with E-state index in [4.69, 9.17) is 9.72 Å². The molecule has 0 spiro atoms. The minimum Gasteiger partial charge on any atom is -0.496 e. The molecule has 0 amide bonds. The fourth-order valence-corrected chi connectivity index (χ4v) is 6.85. The molecule has 0 saturated carbocycles. The third-order valence-electron chi connectivity index (χ3n) is 6.31. The molecule has 3 aromatic rings. The number of hydrogen-bond acceptors (Lipinski definition) is 6. The van der Waals surface area contributed by atoms with E-state index in [0.29, 0.717) is 31.1 Å². The van der Waals surface area contributed by atoms with Crippen LogP contribution >= 0.6 is 11.3 Å². The number of ether oxygens (including phenoxy) is 1. The Morgan fingerprint density at radius 1 is 1.03 bits per heavy atom. The Kier molecular flexibility index (Phi) is 6.03. The molecular weight excluding hydrogens is 442 g/mol. The van der Waals surface area contributed by atoms with Gasteiger partial charge in [0.25, 0.3) is 0 Å². The van der Waals surface area contributed by atoms with Crippen molar-refractivity contribution in [3.8, 4) is 16.3 Å². The van der Waals surface area contributed by atoms with Crippen LogP contribution in [-0.4, -0.2) is 55.9 Å². The third-order valence-corrected chi connectivity index (χ3v) is 9.13. The highest BCUT2D eigenvalue weighted by Crippen LogP contribution is 2.32. The SMILES string of the molecule is COc1ccccc1-c1nc(CN2CCN(S(=O)(=O)c3ccc4c(c3)CCC4)CC2)cs1. The molecule has 1 saturated heterocycles. The Labute approximate surface area is 193 Å². The lowest BCUT2D eigenvalue weighted by Crippen LogP contribution is -2.48. The Morgan fingerprint density at radius 2 is 1.81 bits per heavy atom. The summed E-state index contributed by atoms with van der Waals surface area (Å²) in [5, 5.41) is 3.02. The lowest BCUT2D eigenvalue weighted by Gasteiger charge is -2.33. The van der Waals surface area contributed by atoms with Gasteiger partial charge in [-0.1, -0.05) is 18.2 Å². The maximum absolute atomic E-state index is 13.2. The molecule has 168 valence electrons. The molecule has 1 aliphatic carbocycles. The van der Waals surface area contributed by atoms with Crippen molar-refractivity contribution >= 4 is 21.4 Å². The maximum atomic E-state index is 13.2. The predicted octanol–water partition coefficient (Wildman–Crippen LogP) is 3.81. The van der Waals surface area contributed by atoms with Gasteiger partial charge < -0.3 is 4.74 Å². The summed E-state index contributed by atoms with van der Waals surface area (Å²) in [6, 6.07) is 13.6. The van der Waals surface area contributed by atoms with Crippen molar-refractivity contribution in [2.45, 2.75) is 30.7 Å². The van der Waals surface area contributed by atoms with Crippen LogP contribution in [0.25, 0.3) is 10.6 Å².